The number of hydrogen-bond acceptors (Lipinski definition) is 3. The maximum Gasteiger partial charge on any atom is 0.148 e. The summed E-state index contributed by atoms with van der Waals surface area (Å²) in [5, 5.41) is 8.68. The molecule has 80 valence electrons. The first-order valence-electron chi connectivity index (χ1n) is 5.07. The molecule has 0 aliphatic heterocycles. The van der Waals surface area contributed by atoms with Crippen molar-refractivity contribution in [2.24, 2.45) is 0 Å². The van der Waals surface area contributed by atoms with E-state index in [-0.39, 0.29) is 19.0 Å². The first-order chi connectivity index (χ1) is 6.83. The van der Waals surface area contributed by atoms with Crippen LogP contribution >= 0.6 is 0 Å². The molecule has 0 aromatic carbocycles. The molecule has 1 rings (SSSR count). The Balaban J connectivity index is 2.57. The molecule has 0 bridgehead atoms. The van der Waals surface area contributed by atoms with Crippen LogP contribution in [0.4, 0.5) is 0 Å². The minimum Gasteiger partial charge on any atom is -0.384 e. The van der Waals surface area contributed by atoms with Gasteiger partial charge in [0.05, 0.1) is 0 Å². The Morgan fingerprint density at radius 1 is 1.29 bits per heavy atom. The number of methoxy groups -OCH3 is 1. The molecule has 0 radical (unpaired) electrons. The normalized spacial score (nSPS) is 19.9. The quantitative estimate of drug-likeness (QED) is 0.549. The lowest BCUT2D eigenvalue weighted by Gasteiger charge is -2.32. The van der Waals surface area contributed by atoms with E-state index in [2.05, 4.69) is 11.8 Å². The van der Waals surface area contributed by atoms with Crippen molar-refractivity contribution < 1.29 is 14.6 Å². The van der Waals surface area contributed by atoms with Crippen molar-refractivity contribution in [1.29, 1.82) is 0 Å². The molecule has 14 heavy (non-hydrogen) atoms. The van der Waals surface area contributed by atoms with Gasteiger partial charge < -0.3 is 14.6 Å². The van der Waals surface area contributed by atoms with Crippen molar-refractivity contribution in [2.45, 2.75) is 37.7 Å². The van der Waals surface area contributed by atoms with E-state index in [1.54, 1.807) is 7.11 Å². The molecule has 0 spiro atoms. The van der Waals surface area contributed by atoms with E-state index in [1.165, 1.54) is 6.42 Å². The Labute approximate surface area is 85.4 Å². The maximum absolute atomic E-state index is 8.68. The maximum atomic E-state index is 8.68. The predicted molar refractivity (Wildman–Crippen MR) is 53.6 cm³/mol. The molecule has 1 fully saturated rings. The molecule has 0 heterocycles. The van der Waals surface area contributed by atoms with E-state index < -0.39 is 0 Å². The summed E-state index contributed by atoms with van der Waals surface area (Å²) < 4.78 is 10.5. The summed E-state index contributed by atoms with van der Waals surface area (Å²) in [6.45, 7) is 0.179. The summed E-state index contributed by atoms with van der Waals surface area (Å²) in [5.74, 6) is 5.71. The van der Waals surface area contributed by atoms with Crippen molar-refractivity contribution in [3.63, 3.8) is 0 Å². The van der Waals surface area contributed by atoms with Gasteiger partial charge in [0.2, 0.25) is 0 Å². The molecule has 0 atom stereocenters. The van der Waals surface area contributed by atoms with Crippen LogP contribution in [0.3, 0.4) is 0 Å². The van der Waals surface area contributed by atoms with Gasteiger partial charge in [-0.1, -0.05) is 18.3 Å². The van der Waals surface area contributed by atoms with Crippen molar-refractivity contribution in [1.82, 2.24) is 0 Å². The topological polar surface area (TPSA) is 38.7 Å². The van der Waals surface area contributed by atoms with Crippen LogP contribution in [0.25, 0.3) is 0 Å². The largest absolute Gasteiger partial charge is 0.384 e. The van der Waals surface area contributed by atoms with E-state index in [9.17, 15) is 0 Å². The SMILES string of the molecule is COCOC1(C#CCO)CCCCC1. The van der Waals surface area contributed by atoms with E-state index in [4.69, 9.17) is 14.6 Å². The van der Waals surface area contributed by atoms with Crippen LogP contribution in [-0.4, -0.2) is 31.2 Å². The molecule has 1 aliphatic carbocycles. The highest BCUT2D eigenvalue weighted by molar-refractivity contribution is 5.15. The molecule has 0 saturated heterocycles. The highest BCUT2D eigenvalue weighted by atomic mass is 16.7. The van der Waals surface area contributed by atoms with Crippen LogP contribution in [0.5, 0.6) is 0 Å². The van der Waals surface area contributed by atoms with Crippen LogP contribution in [0, 0.1) is 11.8 Å². The smallest absolute Gasteiger partial charge is 0.148 e. The van der Waals surface area contributed by atoms with Crippen molar-refractivity contribution in [2.75, 3.05) is 20.5 Å². The van der Waals surface area contributed by atoms with Gasteiger partial charge in [-0.25, -0.2) is 0 Å². The zero-order chi connectivity index (χ0) is 10.3. The standard InChI is InChI=1S/C11H18O3/c1-13-10-14-11(8-5-9-12)6-3-2-4-7-11/h12H,2-4,6-7,9-10H2,1H3. The van der Waals surface area contributed by atoms with Gasteiger partial charge in [0.1, 0.15) is 19.0 Å². The van der Waals surface area contributed by atoms with Gasteiger partial charge in [-0.3, -0.25) is 0 Å². The van der Waals surface area contributed by atoms with Crippen LogP contribution in [0.1, 0.15) is 32.1 Å². The molecular weight excluding hydrogens is 180 g/mol. The van der Waals surface area contributed by atoms with Gasteiger partial charge in [-0.05, 0) is 25.7 Å². The monoisotopic (exact) mass is 198 g/mol. The molecular formula is C11H18O3. The minimum atomic E-state index is -0.364. The van der Waals surface area contributed by atoms with E-state index in [0.717, 1.165) is 25.7 Å². The number of hydrogen-bond donors (Lipinski definition) is 1. The van der Waals surface area contributed by atoms with Gasteiger partial charge in [0.15, 0.2) is 0 Å². The van der Waals surface area contributed by atoms with Crippen LogP contribution in [0.15, 0.2) is 0 Å². The fourth-order valence-corrected chi connectivity index (χ4v) is 1.80. The molecule has 3 nitrogen and oxygen atoms in total. The van der Waals surface area contributed by atoms with E-state index >= 15 is 0 Å². The molecule has 0 aromatic heterocycles. The zero-order valence-corrected chi connectivity index (χ0v) is 8.71. The van der Waals surface area contributed by atoms with Crippen LogP contribution in [0.2, 0.25) is 0 Å². The Morgan fingerprint density at radius 3 is 2.57 bits per heavy atom. The zero-order valence-electron chi connectivity index (χ0n) is 8.71. The molecule has 0 aromatic rings. The summed E-state index contributed by atoms with van der Waals surface area (Å²) in [6, 6.07) is 0. The van der Waals surface area contributed by atoms with Crippen LogP contribution < -0.4 is 0 Å². The second-order valence-corrected chi connectivity index (χ2v) is 3.57. The third-order valence-electron chi connectivity index (χ3n) is 2.51. The summed E-state index contributed by atoms with van der Waals surface area (Å²) in [4.78, 5) is 0. The van der Waals surface area contributed by atoms with Gasteiger partial charge >= 0.3 is 0 Å². The average Bonchev–Trinajstić information content (AvgIpc) is 2.25. The number of aliphatic hydroxyl groups is 1. The molecule has 1 saturated carbocycles. The minimum absolute atomic E-state index is 0.0991. The van der Waals surface area contributed by atoms with Crippen molar-refractivity contribution in [3.8, 4) is 11.8 Å². The molecule has 0 unspecified atom stereocenters. The average molecular weight is 198 g/mol. The highest BCUT2D eigenvalue weighted by Crippen LogP contribution is 2.30. The summed E-state index contributed by atoms with van der Waals surface area (Å²) in [6.07, 6.45) is 5.43. The highest BCUT2D eigenvalue weighted by Gasteiger charge is 2.30. The van der Waals surface area contributed by atoms with E-state index in [1.807, 2.05) is 0 Å². The van der Waals surface area contributed by atoms with Gasteiger partial charge in [0.25, 0.3) is 0 Å². The summed E-state index contributed by atoms with van der Waals surface area (Å²) in [5.41, 5.74) is -0.364. The lowest BCUT2D eigenvalue weighted by Crippen LogP contribution is -2.34. The van der Waals surface area contributed by atoms with Crippen LogP contribution in [-0.2, 0) is 9.47 Å². The predicted octanol–water partition coefficient (Wildman–Crippen LogP) is 1.31. The fourth-order valence-electron chi connectivity index (χ4n) is 1.80. The van der Waals surface area contributed by atoms with Gasteiger partial charge in [-0.15, -0.1) is 0 Å². The first kappa shape index (κ1) is 11.5. The Kier molecular flexibility index (Phi) is 4.95. The second-order valence-electron chi connectivity index (χ2n) is 3.57. The molecule has 3 heteroatoms. The third kappa shape index (κ3) is 3.30. The fraction of sp³-hybridized carbons (Fsp3) is 0.818. The Morgan fingerprint density at radius 2 is 2.00 bits per heavy atom. The van der Waals surface area contributed by atoms with Gasteiger partial charge in [-0.2, -0.15) is 0 Å². The summed E-state index contributed by atoms with van der Waals surface area (Å²) in [7, 11) is 1.61. The molecule has 1 aliphatic rings. The number of aliphatic hydroxyl groups excluding tert-OH is 1. The second kappa shape index (κ2) is 6.02. The molecule has 0 amide bonds. The van der Waals surface area contributed by atoms with Crippen molar-refractivity contribution >= 4 is 0 Å². The Hall–Kier alpha value is -0.560. The first-order valence-corrected chi connectivity index (χ1v) is 5.07. The number of ether oxygens (including phenoxy) is 2. The van der Waals surface area contributed by atoms with Gasteiger partial charge in [0, 0.05) is 7.11 Å². The lowest BCUT2D eigenvalue weighted by atomic mass is 9.85. The molecule has 1 N–H and O–H groups in total. The van der Waals surface area contributed by atoms with E-state index in [0.29, 0.717) is 0 Å². The van der Waals surface area contributed by atoms with Crippen molar-refractivity contribution in [3.05, 3.63) is 0 Å². The number of rotatable bonds is 3. The third-order valence-corrected chi connectivity index (χ3v) is 2.51. The Bertz CT molecular complexity index is 208. The summed E-state index contributed by atoms with van der Waals surface area (Å²) >= 11 is 0. The lowest BCUT2D eigenvalue weighted by molar-refractivity contribution is -0.116.